The van der Waals surface area contributed by atoms with Crippen LogP contribution in [0, 0.1) is 12.8 Å². The molecule has 1 aliphatic heterocycles. The summed E-state index contributed by atoms with van der Waals surface area (Å²) >= 11 is 0. The zero-order valence-corrected chi connectivity index (χ0v) is 13.7. The van der Waals surface area contributed by atoms with Gasteiger partial charge < -0.3 is 15.1 Å². The highest BCUT2D eigenvalue weighted by atomic mass is 16.3. The molecule has 0 aromatic carbocycles. The monoisotopic (exact) mass is 313 g/mol. The number of piperidine rings is 1. The number of nitrogens with zero attached hydrogens (tertiary/aromatic N) is 2. The fourth-order valence-corrected chi connectivity index (χ4v) is 3.25. The first-order valence-corrected chi connectivity index (χ1v) is 8.12. The van der Waals surface area contributed by atoms with Gasteiger partial charge in [-0.1, -0.05) is 6.92 Å². The minimum atomic E-state index is 0.0309. The molecular weight excluding hydrogens is 290 g/mol. The number of aryl methyl sites for hydroxylation is 1. The second-order valence-electron chi connectivity index (χ2n) is 6.32. The van der Waals surface area contributed by atoms with Gasteiger partial charge in [-0.2, -0.15) is 0 Å². The Morgan fingerprint density at radius 1 is 1.43 bits per heavy atom. The molecule has 1 amide bonds. The molecule has 5 heteroatoms. The molecule has 5 nitrogen and oxygen atoms in total. The van der Waals surface area contributed by atoms with E-state index < -0.39 is 0 Å². The fourth-order valence-electron chi connectivity index (χ4n) is 3.25. The molecule has 2 aromatic heterocycles. The quantitative estimate of drug-likeness (QED) is 0.945. The number of likely N-dealkylation sites (tertiary alicyclic amines) is 1. The number of nitrogens with two attached hydrogens (primary N) is 1. The summed E-state index contributed by atoms with van der Waals surface area (Å²) in [7, 11) is 0. The van der Waals surface area contributed by atoms with Crippen molar-refractivity contribution in [3.63, 3.8) is 0 Å². The van der Waals surface area contributed by atoms with Gasteiger partial charge in [0.05, 0.1) is 17.5 Å². The van der Waals surface area contributed by atoms with Gasteiger partial charge in [-0.05, 0) is 49.9 Å². The van der Waals surface area contributed by atoms with E-state index in [1.165, 1.54) is 0 Å². The van der Waals surface area contributed by atoms with Crippen LogP contribution in [-0.4, -0.2) is 34.9 Å². The number of aromatic nitrogens is 1. The van der Waals surface area contributed by atoms with Gasteiger partial charge in [0.2, 0.25) is 0 Å². The number of hydrogen-bond acceptors (Lipinski definition) is 4. The number of hydrogen-bond donors (Lipinski definition) is 1. The van der Waals surface area contributed by atoms with Crippen molar-refractivity contribution >= 4 is 5.91 Å². The topological polar surface area (TPSA) is 72.4 Å². The van der Waals surface area contributed by atoms with Crippen LogP contribution in [0.3, 0.4) is 0 Å². The SMILES string of the molecule is Cc1nc(-c2ccco2)ccc1C(=O)N1CCC(C)CC1CN. The lowest BCUT2D eigenvalue weighted by Gasteiger charge is -2.38. The highest BCUT2D eigenvalue weighted by Gasteiger charge is 2.30. The van der Waals surface area contributed by atoms with Crippen LogP contribution < -0.4 is 5.73 Å². The standard InChI is InChI=1S/C18H23N3O2/c1-12-7-8-21(14(10-12)11-19)18(22)15-5-6-16(20-13(15)2)17-4-3-9-23-17/h3-6,9,12,14H,7-8,10-11,19H2,1-2H3. The van der Waals surface area contributed by atoms with Crippen molar-refractivity contribution in [2.24, 2.45) is 11.7 Å². The third-order valence-corrected chi connectivity index (χ3v) is 4.60. The Morgan fingerprint density at radius 3 is 2.91 bits per heavy atom. The molecule has 0 spiro atoms. The molecule has 2 aromatic rings. The molecule has 1 saturated heterocycles. The fraction of sp³-hybridized carbons (Fsp3) is 0.444. The second kappa shape index (κ2) is 6.54. The summed E-state index contributed by atoms with van der Waals surface area (Å²) in [6, 6.07) is 7.48. The zero-order chi connectivity index (χ0) is 16.4. The lowest BCUT2D eigenvalue weighted by molar-refractivity contribution is 0.0572. The summed E-state index contributed by atoms with van der Waals surface area (Å²) in [5.74, 6) is 1.36. The Bertz CT molecular complexity index is 682. The highest BCUT2D eigenvalue weighted by Crippen LogP contribution is 2.25. The average Bonchev–Trinajstić information content (AvgIpc) is 3.08. The first kappa shape index (κ1) is 15.7. The maximum absolute atomic E-state index is 12.9. The van der Waals surface area contributed by atoms with E-state index in [-0.39, 0.29) is 11.9 Å². The number of amides is 1. The van der Waals surface area contributed by atoms with Gasteiger partial charge in [-0.15, -0.1) is 0 Å². The third-order valence-electron chi connectivity index (χ3n) is 4.60. The van der Waals surface area contributed by atoms with E-state index in [4.69, 9.17) is 10.2 Å². The van der Waals surface area contributed by atoms with E-state index in [1.807, 2.05) is 36.1 Å². The zero-order valence-electron chi connectivity index (χ0n) is 13.7. The number of pyridine rings is 1. The number of carbonyl (C=O) groups is 1. The van der Waals surface area contributed by atoms with E-state index in [9.17, 15) is 4.79 Å². The second-order valence-corrected chi connectivity index (χ2v) is 6.32. The minimum Gasteiger partial charge on any atom is -0.463 e. The van der Waals surface area contributed by atoms with Crippen LogP contribution in [0.15, 0.2) is 34.9 Å². The third kappa shape index (κ3) is 3.15. The summed E-state index contributed by atoms with van der Waals surface area (Å²) in [6.45, 7) is 5.35. The largest absolute Gasteiger partial charge is 0.463 e. The molecule has 1 aliphatic rings. The Balaban J connectivity index is 1.85. The van der Waals surface area contributed by atoms with Gasteiger partial charge in [0.15, 0.2) is 5.76 Å². The van der Waals surface area contributed by atoms with E-state index in [2.05, 4.69) is 11.9 Å². The maximum Gasteiger partial charge on any atom is 0.255 e. The lowest BCUT2D eigenvalue weighted by atomic mass is 9.91. The highest BCUT2D eigenvalue weighted by molar-refractivity contribution is 5.95. The van der Waals surface area contributed by atoms with Gasteiger partial charge in [0.25, 0.3) is 5.91 Å². The molecule has 0 bridgehead atoms. The predicted octanol–water partition coefficient (Wildman–Crippen LogP) is 2.85. The number of furan rings is 1. The minimum absolute atomic E-state index is 0.0309. The first-order chi connectivity index (χ1) is 11.1. The molecule has 3 rings (SSSR count). The Hall–Kier alpha value is -2.14. The molecule has 3 heterocycles. The normalized spacial score (nSPS) is 21.4. The van der Waals surface area contributed by atoms with E-state index >= 15 is 0 Å². The molecular formula is C18H23N3O2. The van der Waals surface area contributed by atoms with Gasteiger partial charge >= 0.3 is 0 Å². The van der Waals surface area contributed by atoms with E-state index in [0.29, 0.717) is 23.8 Å². The maximum atomic E-state index is 12.9. The smallest absolute Gasteiger partial charge is 0.255 e. The number of carbonyl (C=O) groups excluding carboxylic acids is 1. The van der Waals surface area contributed by atoms with Crippen LogP contribution >= 0.6 is 0 Å². The van der Waals surface area contributed by atoms with Gasteiger partial charge in [-0.25, -0.2) is 4.98 Å². The number of rotatable bonds is 3. The summed E-state index contributed by atoms with van der Waals surface area (Å²) in [5, 5.41) is 0. The van der Waals surface area contributed by atoms with Crippen LogP contribution in [0.1, 0.15) is 35.8 Å². The van der Waals surface area contributed by atoms with Crippen molar-refractivity contribution in [2.75, 3.05) is 13.1 Å². The molecule has 0 saturated carbocycles. The van der Waals surface area contributed by atoms with Crippen LogP contribution in [-0.2, 0) is 0 Å². The predicted molar refractivity (Wildman–Crippen MR) is 89.0 cm³/mol. The molecule has 2 N–H and O–H groups in total. The van der Waals surface area contributed by atoms with Gasteiger partial charge in [0.1, 0.15) is 5.69 Å². The average molecular weight is 313 g/mol. The molecule has 0 aliphatic carbocycles. The summed E-state index contributed by atoms with van der Waals surface area (Å²) in [4.78, 5) is 19.3. The van der Waals surface area contributed by atoms with Crippen molar-refractivity contribution < 1.29 is 9.21 Å². The van der Waals surface area contributed by atoms with Crippen molar-refractivity contribution in [1.82, 2.24) is 9.88 Å². The van der Waals surface area contributed by atoms with Crippen molar-refractivity contribution in [3.05, 3.63) is 41.8 Å². The molecule has 2 unspecified atom stereocenters. The molecule has 122 valence electrons. The van der Waals surface area contributed by atoms with E-state index in [1.54, 1.807) is 6.26 Å². The first-order valence-electron chi connectivity index (χ1n) is 8.12. The molecule has 23 heavy (non-hydrogen) atoms. The Kier molecular flexibility index (Phi) is 4.48. The Labute approximate surface area is 136 Å². The summed E-state index contributed by atoms with van der Waals surface area (Å²) in [5.41, 5.74) is 7.99. The van der Waals surface area contributed by atoms with Gasteiger partial charge in [0, 0.05) is 19.1 Å². The van der Waals surface area contributed by atoms with Crippen molar-refractivity contribution in [3.8, 4) is 11.5 Å². The van der Waals surface area contributed by atoms with Crippen molar-refractivity contribution in [1.29, 1.82) is 0 Å². The van der Waals surface area contributed by atoms with Gasteiger partial charge in [-0.3, -0.25) is 4.79 Å². The van der Waals surface area contributed by atoms with Crippen LogP contribution in [0.2, 0.25) is 0 Å². The van der Waals surface area contributed by atoms with E-state index in [0.717, 1.165) is 30.8 Å². The van der Waals surface area contributed by atoms with Crippen LogP contribution in [0.25, 0.3) is 11.5 Å². The van der Waals surface area contributed by atoms with Crippen LogP contribution in [0.5, 0.6) is 0 Å². The summed E-state index contributed by atoms with van der Waals surface area (Å²) in [6.07, 6.45) is 3.62. The molecule has 2 atom stereocenters. The van der Waals surface area contributed by atoms with Crippen LogP contribution in [0.4, 0.5) is 0 Å². The van der Waals surface area contributed by atoms with Crippen molar-refractivity contribution in [2.45, 2.75) is 32.7 Å². The molecule has 1 fully saturated rings. The Morgan fingerprint density at radius 2 is 2.26 bits per heavy atom. The lowest BCUT2D eigenvalue weighted by Crippen LogP contribution is -2.49. The summed E-state index contributed by atoms with van der Waals surface area (Å²) < 4.78 is 5.36. The molecule has 0 radical (unpaired) electrons.